The third-order valence-corrected chi connectivity index (χ3v) is 5.60. The fourth-order valence-corrected chi connectivity index (χ4v) is 4.02. The summed E-state index contributed by atoms with van der Waals surface area (Å²) in [4.78, 5) is 2.19. The summed E-state index contributed by atoms with van der Waals surface area (Å²) < 4.78 is 30.8. The molecule has 118 valence electrons. The summed E-state index contributed by atoms with van der Waals surface area (Å²) in [6.45, 7) is 4.74. The summed E-state index contributed by atoms with van der Waals surface area (Å²) >= 11 is 1.60. The zero-order valence-corrected chi connectivity index (χ0v) is 13.8. The number of aromatic nitrogens is 2. The molecule has 0 aliphatic carbocycles. The number of hydrogen-bond donors (Lipinski definition) is 1. The van der Waals surface area contributed by atoms with Crippen LogP contribution in [0.3, 0.4) is 0 Å². The van der Waals surface area contributed by atoms with Crippen molar-refractivity contribution in [2.75, 3.05) is 37.4 Å². The quantitative estimate of drug-likeness (QED) is 0.858. The molecule has 21 heavy (non-hydrogen) atoms. The number of rotatable bonds is 4. The largest absolute Gasteiger partial charge is 0.371 e. The van der Waals surface area contributed by atoms with Crippen LogP contribution >= 0.6 is 11.3 Å². The van der Waals surface area contributed by atoms with Crippen LogP contribution < -0.4 is 9.62 Å². The van der Waals surface area contributed by atoms with Gasteiger partial charge in [-0.3, -0.25) is 0 Å². The Hall–Kier alpha value is -0.770. The molecular formula is C12H20N4O3S2. The second kappa shape index (κ2) is 5.45. The number of nitrogens with zero attached hydrogens (tertiary/aromatic N) is 3. The molecule has 2 saturated heterocycles. The molecule has 3 heterocycles. The van der Waals surface area contributed by atoms with Crippen LogP contribution in [0, 0.1) is 12.8 Å². The SMILES string of the molecule is Cc1nnc(N2CC3(CC[C@@H](CNS(C)(=O)=O)CO3)C2)s1. The van der Waals surface area contributed by atoms with Crippen molar-refractivity contribution in [3.05, 3.63) is 5.01 Å². The van der Waals surface area contributed by atoms with E-state index in [1.165, 1.54) is 6.26 Å². The van der Waals surface area contributed by atoms with E-state index in [0.717, 1.165) is 36.1 Å². The van der Waals surface area contributed by atoms with E-state index in [4.69, 9.17) is 4.74 Å². The predicted octanol–water partition coefficient (Wildman–Crippen LogP) is 0.381. The van der Waals surface area contributed by atoms with Crippen LogP contribution in [-0.2, 0) is 14.8 Å². The number of nitrogens with one attached hydrogen (secondary N) is 1. The average Bonchev–Trinajstić information content (AvgIpc) is 2.80. The molecule has 1 N–H and O–H groups in total. The van der Waals surface area contributed by atoms with Gasteiger partial charge in [0.1, 0.15) is 10.6 Å². The van der Waals surface area contributed by atoms with Gasteiger partial charge in [-0.05, 0) is 25.7 Å². The number of hydrogen-bond acceptors (Lipinski definition) is 7. The zero-order valence-electron chi connectivity index (χ0n) is 12.2. The molecule has 0 saturated carbocycles. The van der Waals surface area contributed by atoms with E-state index in [-0.39, 0.29) is 11.5 Å². The molecule has 1 spiro atoms. The number of anilines is 1. The maximum atomic E-state index is 11.1. The van der Waals surface area contributed by atoms with Crippen molar-refractivity contribution >= 4 is 26.5 Å². The molecule has 2 aliphatic heterocycles. The highest BCUT2D eigenvalue weighted by Gasteiger charge is 2.47. The van der Waals surface area contributed by atoms with Crippen molar-refractivity contribution in [3.63, 3.8) is 0 Å². The summed E-state index contributed by atoms with van der Waals surface area (Å²) in [5.41, 5.74) is -0.0683. The van der Waals surface area contributed by atoms with Gasteiger partial charge < -0.3 is 9.64 Å². The highest BCUT2D eigenvalue weighted by molar-refractivity contribution is 7.88. The topological polar surface area (TPSA) is 84.4 Å². The lowest BCUT2D eigenvalue weighted by atomic mass is 9.83. The highest BCUT2D eigenvalue weighted by Crippen LogP contribution is 2.39. The second-order valence-electron chi connectivity index (χ2n) is 5.98. The van der Waals surface area contributed by atoms with E-state index < -0.39 is 10.0 Å². The van der Waals surface area contributed by atoms with E-state index in [1.807, 2.05) is 6.92 Å². The Kier molecular flexibility index (Phi) is 3.93. The Morgan fingerprint density at radius 3 is 2.76 bits per heavy atom. The van der Waals surface area contributed by atoms with Gasteiger partial charge in [-0.2, -0.15) is 0 Å². The van der Waals surface area contributed by atoms with Crippen LogP contribution in [0.25, 0.3) is 0 Å². The molecule has 2 fully saturated rings. The molecule has 0 unspecified atom stereocenters. The fraction of sp³-hybridized carbons (Fsp3) is 0.833. The summed E-state index contributed by atoms with van der Waals surface area (Å²) in [7, 11) is -3.11. The lowest BCUT2D eigenvalue weighted by Gasteiger charge is -2.52. The van der Waals surface area contributed by atoms with Crippen molar-refractivity contribution in [2.45, 2.75) is 25.4 Å². The van der Waals surface area contributed by atoms with Crippen molar-refractivity contribution < 1.29 is 13.2 Å². The molecule has 3 rings (SSSR count). The van der Waals surface area contributed by atoms with Gasteiger partial charge in [-0.1, -0.05) is 11.3 Å². The minimum atomic E-state index is -3.11. The van der Waals surface area contributed by atoms with Crippen LogP contribution in [-0.4, -0.2) is 56.7 Å². The Labute approximate surface area is 128 Å². The Balaban J connectivity index is 1.47. The minimum Gasteiger partial charge on any atom is -0.371 e. The van der Waals surface area contributed by atoms with E-state index >= 15 is 0 Å². The van der Waals surface area contributed by atoms with Gasteiger partial charge >= 0.3 is 0 Å². The molecule has 0 amide bonds. The molecular weight excluding hydrogens is 312 g/mol. The van der Waals surface area contributed by atoms with Gasteiger partial charge in [0, 0.05) is 6.54 Å². The molecule has 0 aromatic carbocycles. The zero-order chi connectivity index (χ0) is 15.1. The maximum Gasteiger partial charge on any atom is 0.208 e. The molecule has 0 radical (unpaired) electrons. The third-order valence-electron chi connectivity index (χ3n) is 4.01. The van der Waals surface area contributed by atoms with Crippen LogP contribution in [0.1, 0.15) is 17.8 Å². The smallest absolute Gasteiger partial charge is 0.208 e. The van der Waals surface area contributed by atoms with Crippen LogP contribution in [0.5, 0.6) is 0 Å². The van der Waals surface area contributed by atoms with E-state index in [0.29, 0.717) is 13.2 Å². The Morgan fingerprint density at radius 2 is 2.24 bits per heavy atom. The lowest BCUT2D eigenvalue weighted by Crippen LogP contribution is -2.65. The summed E-state index contributed by atoms with van der Waals surface area (Å²) in [6.07, 6.45) is 3.15. The number of aryl methyl sites for hydroxylation is 1. The van der Waals surface area contributed by atoms with Gasteiger partial charge in [0.2, 0.25) is 15.2 Å². The molecule has 1 aromatic heterocycles. The molecule has 0 bridgehead atoms. The first-order valence-corrected chi connectivity index (χ1v) is 9.70. The fourth-order valence-electron chi connectivity index (χ4n) is 2.80. The van der Waals surface area contributed by atoms with E-state index in [2.05, 4.69) is 19.8 Å². The lowest BCUT2D eigenvalue weighted by molar-refractivity contribution is -0.114. The van der Waals surface area contributed by atoms with Crippen molar-refractivity contribution in [3.8, 4) is 0 Å². The van der Waals surface area contributed by atoms with E-state index in [9.17, 15) is 8.42 Å². The van der Waals surface area contributed by atoms with Crippen LogP contribution in [0.15, 0.2) is 0 Å². The Bertz CT molecular complexity index is 600. The molecule has 1 atom stereocenters. The van der Waals surface area contributed by atoms with Crippen molar-refractivity contribution in [1.29, 1.82) is 0 Å². The first-order valence-electron chi connectivity index (χ1n) is 6.99. The van der Waals surface area contributed by atoms with Gasteiger partial charge in [-0.25, -0.2) is 13.1 Å². The number of ether oxygens (including phenoxy) is 1. The second-order valence-corrected chi connectivity index (χ2v) is 8.97. The van der Waals surface area contributed by atoms with Crippen molar-refractivity contribution in [2.24, 2.45) is 5.92 Å². The first kappa shape index (κ1) is 15.1. The third kappa shape index (κ3) is 3.53. The maximum absolute atomic E-state index is 11.1. The monoisotopic (exact) mass is 332 g/mol. The normalized spacial score (nSPS) is 25.0. The number of sulfonamides is 1. The highest BCUT2D eigenvalue weighted by atomic mass is 32.2. The van der Waals surface area contributed by atoms with Gasteiger partial charge in [0.25, 0.3) is 0 Å². The predicted molar refractivity (Wildman–Crippen MR) is 81.1 cm³/mol. The van der Waals surface area contributed by atoms with Gasteiger partial charge in [0.05, 0.1) is 26.0 Å². The summed E-state index contributed by atoms with van der Waals surface area (Å²) in [5, 5.41) is 10.1. The summed E-state index contributed by atoms with van der Waals surface area (Å²) in [6, 6.07) is 0. The van der Waals surface area contributed by atoms with E-state index in [1.54, 1.807) is 11.3 Å². The standard InChI is InChI=1S/C12H20N4O3S2/c1-9-14-15-11(20-9)16-7-12(8-16)4-3-10(6-19-12)5-13-21(2,17)18/h10,13H,3-8H2,1-2H3/t10-/m0/s1. The Morgan fingerprint density at radius 1 is 1.48 bits per heavy atom. The molecule has 1 aromatic rings. The van der Waals surface area contributed by atoms with Crippen molar-refractivity contribution in [1.82, 2.24) is 14.9 Å². The van der Waals surface area contributed by atoms with Crippen LogP contribution in [0.2, 0.25) is 0 Å². The van der Waals surface area contributed by atoms with Crippen LogP contribution in [0.4, 0.5) is 5.13 Å². The first-order chi connectivity index (χ1) is 9.85. The average molecular weight is 332 g/mol. The molecule has 7 nitrogen and oxygen atoms in total. The molecule has 9 heteroatoms. The minimum absolute atomic E-state index is 0.0683. The van der Waals surface area contributed by atoms with Gasteiger partial charge in [-0.15, -0.1) is 10.2 Å². The van der Waals surface area contributed by atoms with Gasteiger partial charge in [0.15, 0.2) is 0 Å². The molecule has 2 aliphatic rings. The summed E-state index contributed by atoms with van der Waals surface area (Å²) in [5.74, 6) is 0.267.